The van der Waals surface area contributed by atoms with Crippen molar-refractivity contribution in [2.24, 2.45) is 5.73 Å². The van der Waals surface area contributed by atoms with Crippen molar-refractivity contribution < 1.29 is 22.5 Å². The summed E-state index contributed by atoms with van der Waals surface area (Å²) in [7, 11) is 0. The lowest BCUT2D eigenvalue weighted by molar-refractivity contribution is -0.137. The van der Waals surface area contributed by atoms with Gasteiger partial charge in [-0.05, 0) is 17.7 Å². The number of rotatable bonds is 4. The maximum atomic E-state index is 12.6. The zero-order chi connectivity index (χ0) is 18.0. The Hall–Kier alpha value is -3.09. The summed E-state index contributed by atoms with van der Waals surface area (Å²) in [4.78, 5) is 10.9. The summed E-state index contributed by atoms with van der Waals surface area (Å²) in [5, 5.41) is 3.94. The summed E-state index contributed by atoms with van der Waals surface area (Å²) in [5.74, 6) is -0.0521. The number of carbonyl (C=O) groups is 1. The lowest BCUT2D eigenvalue weighted by Crippen LogP contribution is -2.13. The highest BCUT2D eigenvalue weighted by Gasteiger charge is 2.30. The molecule has 1 amide bonds. The van der Waals surface area contributed by atoms with Gasteiger partial charge in [-0.2, -0.15) is 13.2 Å². The Labute approximate surface area is 141 Å². The minimum absolute atomic E-state index is 0.149. The molecule has 0 spiro atoms. The van der Waals surface area contributed by atoms with Gasteiger partial charge in [-0.1, -0.05) is 41.6 Å². The number of halogens is 3. The number of carbonyl (C=O) groups excluding carboxylic acids is 1. The van der Waals surface area contributed by atoms with E-state index in [0.717, 1.165) is 23.3 Å². The van der Waals surface area contributed by atoms with Crippen LogP contribution in [0.25, 0.3) is 22.6 Å². The predicted molar refractivity (Wildman–Crippen MR) is 85.3 cm³/mol. The van der Waals surface area contributed by atoms with E-state index >= 15 is 0 Å². The van der Waals surface area contributed by atoms with Gasteiger partial charge in [0.2, 0.25) is 5.91 Å². The first-order valence-electron chi connectivity index (χ1n) is 7.35. The van der Waals surface area contributed by atoms with Gasteiger partial charge in [0, 0.05) is 17.2 Å². The summed E-state index contributed by atoms with van der Waals surface area (Å²) < 4.78 is 43.0. The molecular formula is C18H13F3N2O2. The molecule has 0 fully saturated rings. The van der Waals surface area contributed by atoms with Crippen LogP contribution in [0.3, 0.4) is 0 Å². The van der Waals surface area contributed by atoms with Gasteiger partial charge >= 0.3 is 6.18 Å². The van der Waals surface area contributed by atoms with E-state index in [2.05, 4.69) is 5.16 Å². The molecule has 0 bridgehead atoms. The van der Waals surface area contributed by atoms with Gasteiger partial charge in [0.05, 0.1) is 12.0 Å². The highest BCUT2D eigenvalue weighted by Crippen LogP contribution is 2.32. The topological polar surface area (TPSA) is 69.1 Å². The smallest absolute Gasteiger partial charge is 0.369 e. The summed E-state index contributed by atoms with van der Waals surface area (Å²) in [6.45, 7) is 0. The molecule has 0 radical (unpaired) electrons. The second kappa shape index (κ2) is 6.43. The lowest BCUT2D eigenvalue weighted by Gasteiger charge is -2.06. The standard InChI is InChI=1S/C18H13F3N2O2/c19-18(20,21)14-7-5-13(6-8-14)16-10-15(23-25-16)12-3-1-11(2-4-12)9-17(22)24/h1-8,10H,9H2,(H2,22,24). The summed E-state index contributed by atoms with van der Waals surface area (Å²) in [5.41, 5.74) is 7.00. The van der Waals surface area contributed by atoms with Gasteiger partial charge in [0.25, 0.3) is 0 Å². The maximum absolute atomic E-state index is 12.6. The number of hydrogen-bond donors (Lipinski definition) is 1. The predicted octanol–water partition coefficient (Wildman–Crippen LogP) is 4.06. The monoisotopic (exact) mass is 346 g/mol. The van der Waals surface area contributed by atoms with Crippen molar-refractivity contribution in [1.29, 1.82) is 0 Å². The first-order chi connectivity index (χ1) is 11.8. The van der Waals surface area contributed by atoms with Gasteiger partial charge in [-0.3, -0.25) is 4.79 Å². The van der Waals surface area contributed by atoms with Crippen LogP contribution in [0.5, 0.6) is 0 Å². The molecule has 3 rings (SSSR count). The molecule has 3 aromatic rings. The normalized spacial score (nSPS) is 11.5. The third-order valence-corrected chi connectivity index (χ3v) is 3.63. The molecule has 0 saturated carbocycles. The molecule has 0 aliphatic rings. The zero-order valence-electron chi connectivity index (χ0n) is 12.9. The molecule has 1 heterocycles. The zero-order valence-corrected chi connectivity index (χ0v) is 12.9. The quantitative estimate of drug-likeness (QED) is 0.775. The fourth-order valence-corrected chi connectivity index (χ4v) is 2.37. The number of hydrogen-bond acceptors (Lipinski definition) is 3. The van der Waals surface area contributed by atoms with Gasteiger partial charge < -0.3 is 10.3 Å². The highest BCUT2D eigenvalue weighted by atomic mass is 19.4. The van der Waals surface area contributed by atoms with Crippen LogP contribution in [0.2, 0.25) is 0 Å². The Bertz CT molecular complexity index is 882. The molecule has 25 heavy (non-hydrogen) atoms. The minimum Gasteiger partial charge on any atom is -0.369 e. The van der Waals surface area contributed by atoms with Crippen LogP contribution >= 0.6 is 0 Å². The van der Waals surface area contributed by atoms with Crippen molar-refractivity contribution >= 4 is 5.91 Å². The number of aromatic nitrogens is 1. The minimum atomic E-state index is -4.38. The molecule has 1 aromatic heterocycles. The molecule has 2 aromatic carbocycles. The lowest BCUT2D eigenvalue weighted by atomic mass is 10.1. The third-order valence-electron chi connectivity index (χ3n) is 3.63. The van der Waals surface area contributed by atoms with Crippen LogP contribution in [0, 0.1) is 0 Å². The molecule has 0 unspecified atom stereocenters. The SMILES string of the molecule is NC(=O)Cc1ccc(-c2cc(-c3ccc(C(F)(F)F)cc3)on2)cc1. The Morgan fingerprint density at radius 1 is 1.00 bits per heavy atom. The average Bonchev–Trinajstić information content (AvgIpc) is 3.04. The Balaban J connectivity index is 1.81. The maximum Gasteiger partial charge on any atom is 0.416 e. The first-order valence-corrected chi connectivity index (χ1v) is 7.35. The van der Waals surface area contributed by atoms with Crippen LogP contribution < -0.4 is 5.73 Å². The molecule has 4 nitrogen and oxygen atoms in total. The summed E-state index contributed by atoms with van der Waals surface area (Å²) in [6, 6.07) is 13.4. The summed E-state index contributed by atoms with van der Waals surface area (Å²) >= 11 is 0. The summed E-state index contributed by atoms with van der Waals surface area (Å²) in [6.07, 6.45) is -4.23. The third kappa shape index (κ3) is 3.88. The van der Waals surface area contributed by atoms with E-state index in [4.69, 9.17) is 10.3 Å². The molecular weight excluding hydrogens is 333 g/mol. The molecule has 0 atom stereocenters. The van der Waals surface area contributed by atoms with Crippen molar-refractivity contribution in [3.8, 4) is 22.6 Å². The van der Waals surface area contributed by atoms with Crippen LogP contribution in [-0.2, 0) is 17.4 Å². The first kappa shape index (κ1) is 16.8. The molecule has 0 aliphatic carbocycles. The number of primary amides is 1. The van der Waals surface area contributed by atoms with E-state index in [1.165, 1.54) is 12.1 Å². The van der Waals surface area contributed by atoms with Crippen LogP contribution in [0.4, 0.5) is 13.2 Å². The van der Waals surface area contributed by atoms with E-state index in [9.17, 15) is 18.0 Å². The Kier molecular flexibility index (Phi) is 4.31. The highest BCUT2D eigenvalue weighted by molar-refractivity contribution is 5.77. The van der Waals surface area contributed by atoms with Crippen molar-refractivity contribution in [3.05, 3.63) is 65.7 Å². The van der Waals surface area contributed by atoms with Crippen LogP contribution in [-0.4, -0.2) is 11.1 Å². The fourth-order valence-electron chi connectivity index (χ4n) is 2.37. The second-order valence-corrected chi connectivity index (χ2v) is 5.49. The van der Waals surface area contributed by atoms with E-state index < -0.39 is 17.6 Å². The van der Waals surface area contributed by atoms with E-state index in [-0.39, 0.29) is 6.42 Å². The number of benzene rings is 2. The largest absolute Gasteiger partial charge is 0.416 e. The van der Waals surface area contributed by atoms with Crippen LogP contribution in [0.1, 0.15) is 11.1 Å². The van der Waals surface area contributed by atoms with Gasteiger partial charge in [0.15, 0.2) is 5.76 Å². The number of amides is 1. The average molecular weight is 346 g/mol. The Morgan fingerprint density at radius 2 is 1.60 bits per heavy atom. The van der Waals surface area contributed by atoms with Gasteiger partial charge in [-0.15, -0.1) is 0 Å². The molecule has 0 aliphatic heterocycles. The van der Waals surface area contributed by atoms with Gasteiger partial charge in [-0.25, -0.2) is 0 Å². The van der Waals surface area contributed by atoms with Crippen molar-refractivity contribution in [2.75, 3.05) is 0 Å². The van der Waals surface area contributed by atoms with Crippen molar-refractivity contribution in [2.45, 2.75) is 12.6 Å². The molecule has 7 heteroatoms. The van der Waals surface area contributed by atoms with Gasteiger partial charge in [0.1, 0.15) is 5.69 Å². The number of nitrogens with zero attached hydrogens (tertiary/aromatic N) is 1. The molecule has 128 valence electrons. The van der Waals surface area contributed by atoms with E-state index in [0.29, 0.717) is 17.0 Å². The number of nitrogens with two attached hydrogens (primary N) is 1. The van der Waals surface area contributed by atoms with E-state index in [1.807, 2.05) is 0 Å². The van der Waals surface area contributed by atoms with Crippen molar-refractivity contribution in [1.82, 2.24) is 5.16 Å². The molecule has 0 saturated heterocycles. The fraction of sp³-hybridized carbons (Fsp3) is 0.111. The van der Waals surface area contributed by atoms with E-state index in [1.54, 1.807) is 30.3 Å². The second-order valence-electron chi connectivity index (χ2n) is 5.49. The Morgan fingerprint density at radius 3 is 2.16 bits per heavy atom. The van der Waals surface area contributed by atoms with Crippen molar-refractivity contribution in [3.63, 3.8) is 0 Å². The van der Waals surface area contributed by atoms with Crippen LogP contribution in [0.15, 0.2) is 59.1 Å². The number of alkyl halides is 3. The molecule has 2 N–H and O–H groups in total.